The summed E-state index contributed by atoms with van der Waals surface area (Å²) in [6.45, 7) is 0.395. The van der Waals surface area contributed by atoms with Gasteiger partial charge >= 0.3 is 6.09 Å². The third kappa shape index (κ3) is 6.42. The number of thiol groups is 1. The minimum Gasteiger partial charge on any atom is -0.445 e. The summed E-state index contributed by atoms with van der Waals surface area (Å²) in [5, 5.41) is 22.9. The van der Waals surface area contributed by atoms with E-state index in [0.717, 1.165) is 11.1 Å². The van der Waals surface area contributed by atoms with Crippen molar-refractivity contribution >= 4 is 18.7 Å². The molecule has 0 fully saturated rings. The summed E-state index contributed by atoms with van der Waals surface area (Å²) in [6, 6.07) is 16.6. The lowest BCUT2D eigenvalue weighted by Crippen LogP contribution is -2.29. The van der Waals surface area contributed by atoms with E-state index in [9.17, 15) is 15.0 Å². The Bertz CT molecular complexity index is 665. The van der Waals surface area contributed by atoms with Crippen molar-refractivity contribution in [2.24, 2.45) is 0 Å². The number of rotatable bonds is 8. The van der Waals surface area contributed by atoms with E-state index in [-0.39, 0.29) is 19.6 Å². The second-order valence-electron chi connectivity index (χ2n) is 5.69. The number of carbonyl (C=O) groups excluding carboxylic acids is 1. The lowest BCUT2D eigenvalue weighted by atomic mass is 10.0. The van der Waals surface area contributed by atoms with Gasteiger partial charge in [0, 0.05) is 12.3 Å². The zero-order chi connectivity index (χ0) is 18.1. The molecule has 134 valence electrons. The van der Waals surface area contributed by atoms with Crippen LogP contribution in [0, 0.1) is 0 Å². The second kappa shape index (κ2) is 10.1. The van der Waals surface area contributed by atoms with Crippen molar-refractivity contribution in [2.75, 3.05) is 6.54 Å². The molecule has 5 nitrogen and oxygen atoms in total. The largest absolute Gasteiger partial charge is 0.445 e. The van der Waals surface area contributed by atoms with Gasteiger partial charge in [0.15, 0.2) is 0 Å². The van der Waals surface area contributed by atoms with Gasteiger partial charge in [-0.1, -0.05) is 54.6 Å². The molecule has 2 rings (SSSR count). The Hall–Kier alpha value is -2.02. The Balaban J connectivity index is 1.71. The number of hydrogen-bond acceptors (Lipinski definition) is 5. The lowest BCUT2D eigenvalue weighted by Gasteiger charge is -2.19. The zero-order valence-corrected chi connectivity index (χ0v) is 14.7. The third-order valence-electron chi connectivity index (χ3n) is 3.76. The van der Waals surface area contributed by atoms with Crippen molar-refractivity contribution in [3.63, 3.8) is 0 Å². The predicted molar refractivity (Wildman–Crippen MR) is 99.3 cm³/mol. The number of aliphatic hydroxyl groups is 2. The summed E-state index contributed by atoms with van der Waals surface area (Å²) >= 11 is 4.20. The van der Waals surface area contributed by atoms with Gasteiger partial charge < -0.3 is 20.3 Å². The van der Waals surface area contributed by atoms with Crippen molar-refractivity contribution in [2.45, 2.75) is 31.0 Å². The van der Waals surface area contributed by atoms with E-state index in [1.165, 1.54) is 0 Å². The van der Waals surface area contributed by atoms with Crippen molar-refractivity contribution in [3.05, 3.63) is 71.3 Å². The first-order chi connectivity index (χ1) is 12.1. The van der Waals surface area contributed by atoms with Crippen molar-refractivity contribution in [1.82, 2.24) is 5.32 Å². The summed E-state index contributed by atoms with van der Waals surface area (Å²) in [6.07, 6.45) is -2.33. The molecular formula is C19H23NO4S. The maximum absolute atomic E-state index is 11.6. The van der Waals surface area contributed by atoms with Gasteiger partial charge in [-0.3, -0.25) is 0 Å². The van der Waals surface area contributed by atoms with Crippen LogP contribution in [0.3, 0.4) is 0 Å². The SMILES string of the molecule is O=C(NCCC(O)C(O)c1cccc(CS)c1)OCc1ccccc1. The molecule has 0 bridgehead atoms. The molecule has 0 saturated heterocycles. The van der Waals surface area contributed by atoms with E-state index < -0.39 is 18.3 Å². The number of hydrogen-bond donors (Lipinski definition) is 4. The van der Waals surface area contributed by atoms with Crippen LogP contribution in [-0.4, -0.2) is 29.0 Å². The highest BCUT2D eigenvalue weighted by molar-refractivity contribution is 7.79. The minimum absolute atomic E-state index is 0.189. The van der Waals surface area contributed by atoms with Crippen molar-refractivity contribution in [3.8, 4) is 0 Å². The fourth-order valence-electron chi connectivity index (χ4n) is 2.35. The Labute approximate surface area is 153 Å². The molecular weight excluding hydrogens is 338 g/mol. The van der Waals surface area contributed by atoms with Crippen LogP contribution < -0.4 is 5.32 Å². The van der Waals surface area contributed by atoms with E-state index >= 15 is 0 Å². The monoisotopic (exact) mass is 361 g/mol. The molecule has 2 unspecified atom stereocenters. The van der Waals surface area contributed by atoms with E-state index in [0.29, 0.717) is 11.3 Å². The molecule has 2 aromatic rings. The minimum atomic E-state index is -1.01. The van der Waals surface area contributed by atoms with E-state index in [1.54, 1.807) is 6.07 Å². The first-order valence-electron chi connectivity index (χ1n) is 8.10. The quantitative estimate of drug-likeness (QED) is 0.545. The van der Waals surface area contributed by atoms with Gasteiger partial charge in [-0.15, -0.1) is 0 Å². The van der Waals surface area contributed by atoms with Gasteiger partial charge in [0.05, 0.1) is 6.10 Å². The van der Waals surface area contributed by atoms with Crippen LogP contribution in [0.25, 0.3) is 0 Å². The van der Waals surface area contributed by atoms with Crippen LogP contribution >= 0.6 is 12.6 Å². The normalized spacial score (nSPS) is 13.1. The van der Waals surface area contributed by atoms with Crippen molar-refractivity contribution in [1.29, 1.82) is 0 Å². The lowest BCUT2D eigenvalue weighted by molar-refractivity contribution is 0.0136. The van der Waals surface area contributed by atoms with Crippen LogP contribution in [0.4, 0.5) is 4.79 Å². The molecule has 0 heterocycles. The average molecular weight is 361 g/mol. The van der Waals surface area contributed by atoms with Gasteiger partial charge in [0.25, 0.3) is 0 Å². The van der Waals surface area contributed by atoms with Crippen LogP contribution in [0.2, 0.25) is 0 Å². The highest BCUT2D eigenvalue weighted by atomic mass is 32.1. The summed E-state index contributed by atoms with van der Waals surface area (Å²) in [5.74, 6) is 0.561. The number of nitrogens with one attached hydrogen (secondary N) is 1. The van der Waals surface area contributed by atoms with Gasteiger partial charge in [-0.25, -0.2) is 4.79 Å². The molecule has 0 saturated carbocycles. The molecule has 1 amide bonds. The first-order valence-corrected chi connectivity index (χ1v) is 8.73. The van der Waals surface area contributed by atoms with Gasteiger partial charge in [-0.2, -0.15) is 12.6 Å². The average Bonchev–Trinajstić information content (AvgIpc) is 2.66. The van der Waals surface area contributed by atoms with Crippen LogP contribution in [0.15, 0.2) is 54.6 Å². The molecule has 0 radical (unpaired) electrons. The number of carbonyl (C=O) groups is 1. The van der Waals surface area contributed by atoms with E-state index in [1.807, 2.05) is 48.5 Å². The fraction of sp³-hybridized carbons (Fsp3) is 0.316. The Morgan fingerprint density at radius 1 is 1.08 bits per heavy atom. The Kier molecular flexibility index (Phi) is 7.78. The Morgan fingerprint density at radius 3 is 2.52 bits per heavy atom. The molecule has 6 heteroatoms. The molecule has 2 aromatic carbocycles. The maximum Gasteiger partial charge on any atom is 0.407 e. The predicted octanol–water partition coefficient (Wildman–Crippen LogP) is 2.83. The second-order valence-corrected chi connectivity index (χ2v) is 6.01. The molecule has 0 aliphatic heterocycles. The molecule has 0 aromatic heterocycles. The number of alkyl carbamates (subject to hydrolysis) is 1. The van der Waals surface area contributed by atoms with Gasteiger partial charge in [0.1, 0.15) is 12.7 Å². The Morgan fingerprint density at radius 2 is 1.80 bits per heavy atom. The zero-order valence-electron chi connectivity index (χ0n) is 13.8. The fourth-order valence-corrected chi connectivity index (χ4v) is 2.55. The third-order valence-corrected chi connectivity index (χ3v) is 4.13. The topological polar surface area (TPSA) is 78.8 Å². The summed E-state index contributed by atoms with van der Waals surface area (Å²) in [7, 11) is 0. The molecule has 0 aliphatic rings. The number of benzene rings is 2. The molecule has 3 N–H and O–H groups in total. The molecule has 0 spiro atoms. The first kappa shape index (κ1) is 19.3. The van der Waals surface area contributed by atoms with Crippen LogP contribution in [-0.2, 0) is 17.1 Å². The smallest absolute Gasteiger partial charge is 0.407 e. The van der Waals surface area contributed by atoms with Crippen molar-refractivity contribution < 1.29 is 19.7 Å². The van der Waals surface area contributed by atoms with Crippen LogP contribution in [0.1, 0.15) is 29.2 Å². The highest BCUT2D eigenvalue weighted by Crippen LogP contribution is 2.20. The van der Waals surface area contributed by atoms with E-state index in [2.05, 4.69) is 17.9 Å². The molecule has 0 aliphatic carbocycles. The highest BCUT2D eigenvalue weighted by Gasteiger charge is 2.18. The van der Waals surface area contributed by atoms with Crippen LogP contribution in [0.5, 0.6) is 0 Å². The van der Waals surface area contributed by atoms with Gasteiger partial charge in [0.2, 0.25) is 0 Å². The number of ether oxygens (including phenoxy) is 1. The van der Waals surface area contributed by atoms with Gasteiger partial charge in [-0.05, 0) is 23.1 Å². The standard InChI is InChI=1S/C19H23NO4S/c21-17(18(22)16-8-4-7-15(11-16)13-25)9-10-20-19(23)24-12-14-5-2-1-3-6-14/h1-8,11,17-18,21-22,25H,9-10,12-13H2,(H,20,23). The maximum atomic E-state index is 11.6. The molecule has 2 atom stereocenters. The summed E-state index contributed by atoms with van der Waals surface area (Å²) in [4.78, 5) is 11.6. The summed E-state index contributed by atoms with van der Waals surface area (Å²) < 4.78 is 5.08. The number of aliphatic hydroxyl groups excluding tert-OH is 2. The number of amides is 1. The molecule has 25 heavy (non-hydrogen) atoms. The summed E-state index contributed by atoms with van der Waals surface area (Å²) in [5.41, 5.74) is 2.50. The van der Waals surface area contributed by atoms with E-state index in [4.69, 9.17) is 4.74 Å².